The predicted octanol–water partition coefficient (Wildman–Crippen LogP) is 4.35. The molecule has 3 atom stereocenters. The molecule has 0 aromatic rings. The zero-order valence-corrected chi connectivity index (χ0v) is 9.72. The van der Waals surface area contributed by atoms with E-state index in [-0.39, 0.29) is 0 Å². The summed E-state index contributed by atoms with van der Waals surface area (Å²) >= 11 is 0. The van der Waals surface area contributed by atoms with E-state index in [4.69, 9.17) is 0 Å². The van der Waals surface area contributed by atoms with Crippen LogP contribution in [0.2, 0.25) is 0 Å². The summed E-state index contributed by atoms with van der Waals surface area (Å²) in [4.78, 5) is 0. The molecule has 0 saturated heterocycles. The lowest BCUT2D eigenvalue weighted by molar-refractivity contribution is 0.709. The van der Waals surface area contributed by atoms with Gasteiger partial charge in [-0.05, 0) is 42.7 Å². The van der Waals surface area contributed by atoms with Crippen LogP contribution in [0.25, 0.3) is 0 Å². The lowest BCUT2D eigenvalue weighted by Gasteiger charge is -1.98. The Bertz CT molecular complexity index is 253. The van der Waals surface area contributed by atoms with E-state index in [0.717, 1.165) is 30.6 Å². The fourth-order valence-electron chi connectivity index (χ4n) is 2.37. The first-order valence-electron chi connectivity index (χ1n) is 5.79. The summed E-state index contributed by atoms with van der Waals surface area (Å²) in [5, 5.41) is 0. The van der Waals surface area contributed by atoms with Crippen molar-refractivity contribution in [1.82, 2.24) is 0 Å². The first kappa shape index (κ1) is 11.3. The maximum atomic E-state index is 4.18. The molecule has 1 aliphatic rings. The molecule has 1 saturated carbocycles. The van der Waals surface area contributed by atoms with Gasteiger partial charge < -0.3 is 0 Å². The number of allylic oxidation sites excluding steroid dienone is 2. The van der Waals surface area contributed by atoms with Gasteiger partial charge in [0.15, 0.2) is 0 Å². The molecule has 0 aromatic heterocycles. The van der Waals surface area contributed by atoms with Gasteiger partial charge in [0.1, 0.15) is 0 Å². The molecule has 0 bridgehead atoms. The average Bonchev–Trinajstić information content (AvgIpc) is 2.83. The van der Waals surface area contributed by atoms with Gasteiger partial charge in [0.25, 0.3) is 0 Å². The molecule has 78 valence electrons. The maximum Gasteiger partial charge on any atom is -0.00624 e. The predicted molar refractivity (Wildman–Crippen MR) is 63.1 cm³/mol. The molecule has 0 nitrogen and oxygen atoms in total. The number of rotatable bonds is 5. The van der Waals surface area contributed by atoms with Crippen molar-refractivity contribution in [3.05, 3.63) is 30.0 Å². The summed E-state index contributed by atoms with van der Waals surface area (Å²) in [6, 6.07) is 0. The van der Waals surface area contributed by atoms with Gasteiger partial charge >= 0.3 is 0 Å². The van der Waals surface area contributed by atoms with Gasteiger partial charge in [0, 0.05) is 0 Å². The van der Waals surface area contributed by atoms with Crippen LogP contribution in [-0.4, -0.2) is 0 Å². The van der Waals surface area contributed by atoms with E-state index in [0.29, 0.717) is 0 Å². The van der Waals surface area contributed by atoms with Crippen LogP contribution < -0.4 is 0 Å². The first-order chi connectivity index (χ1) is 6.72. The van der Waals surface area contributed by atoms with Crippen LogP contribution in [0.15, 0.2) is 30.0 Å². The van der Waals surface area contributed by atoms with Crippen molar-refractivity contribution in [2.45, 2.75) is 40.0 Å². The van der Waals surface area contributed by atoms with Crippen molar-refractivity contribution in [3.8, 4) is 0 Å². The van der Waals surface area contributed by atoms with Crippen LogP contribution in [0.4, 0.5) is 0 Å². The minimum absolute atomic E-state index is 0.791. The van der Waals surface area contributed by atoms with E-state index in [1.165, 1.54) is 12.0 Å². The van der Waals surface area contributed by atoms with Crippen LogP contribution in [0.3, 0.4) is 0 Å². The summed E-state index contributed by atoms with van der Waals surface area (Å²) < 4.78 is 0. The van der Waals surface area contributed by atoms with Gasteiger partial charge in [0.05, 0.1) is 0 Å². The second-order valence-electron chi connectivity index (χ2n) is 4.30. The van der Waals surface area contributed by atoms with E-state index >= 15 is 0 Å². The Kier molecular flexibility index (Phi) is 4.22. The number of hydrogen-bond donors (Lipinski definition) is 0. The monoisotopic (exact) mass is 190 g/mol. The zero-order valence-electron chi connectivity index (χ0n) is 9.72. The highest BCUT2D eigenvalue weighted by Gasteiger charge is 2.45. The molecule has 1 rings (SSSR count). The topological polar surface area (TPSA) is 0 Å². The van der Waals surface area contributed by atoms with Crippen molar-refractivity contribution >= 4 is 0 Å². The van der Waals surface area contributed by atoms with Crippen LogP contribution in [0.5, 0.6) is 0 Å². The van der Waals surface area contributed by atoms with Crippen molar-refractivity contribution < 1.29 is 0 Å². The average molecular weight is 190 g/mol. The molecule has 1 aliphatic carbocycles. The molecule has 0 aromatic carbocycles. The number of hydrogen-bond acceptors (Lipinski definition) is 0. The smallest absolute Gasteiger partial charge is 0.00624 e. The van der Waals surface area contributed by atoms with Crippen molar-refractivity contribution in [2.24, 2.45) is 17.8 Å². The van der Waals surface area contributed by atoms with E-state index in [1.54, 1.807) is 0 Å². The molecule has 14 heavy (non-hydrogen) atoms. The molecule has 1 fully saturated rings. The van der Waals surface area contributed by atoms with Crippen LogP contribution in [0, 0.1) is 17.8 Å². The molecule has 0 amide bonds. The third-order valence-electron chi connectivity index (χ3n) is 3.31. The Morgan fingerprint density at radius 2 is 2.07 bits per heavy atom. The molecule has 3 unspecified atom stereocenters. The van der Waals surface area contributed by atoms with Crippen LogP contribution in [-0.2, 0) is 0 Å². The summed E-state index contributed by atoms with van der Waals surface area (Å²) in [6.45, 7) is 10.9. The fraction of sp³-hybridized carbons (Fsp3) is 0.643. The summed E-state index contributed by atoms with van der Waals surface area (Å²) in [5.74, 6) is 2.57. The Labute approximate surface area is 88.4 Å². The van der Waals surface area contributed by atoms with Crippen molar-refractivity contribution in [2.75, 3.05) is 0 Å². The normalized spacial score (nSPS) is 29.2. The van der Waals surface area contributed by atoms with E-state index in [9.17, 15) is 0 Å². The molecule has 0 heteroatoms. The lowest BCUT2D eigenvalue weighted by Crippen LogP contribution is -1.85. The molecule has 0 N–H and O–H groups in total. The third kappa shape index (κ3) is 2.62. The van der Waals surface area contributed by atoms with Crippen LogP contribution >= 0.6 is 0 Å². The Balaban J connectivity index is 2.34. The Morgan fingerprint density at radius 1 is 1.36 bits per heavy atom. The highest BCUT2D eigenvalue weighted by atomic mass is 14.5. The SMILES string of the molecule is C=C(CC=C=CCC)C1C(C)C1CC. The molecule has 0 spiro atoms. The Morgan fingerprint density at radius 3 is 2.57 bits per heavy atom. The minimum atomic E-state index is 0.791. The quantitative estimate of drug-likeness (QED) is 0.446. The second-order valence-corrected chi connectivity index (χ2v) is 4.30. The van der Waals surface area contributed by atoms with Gasteiger partial charge in [-0.3, -0.25) is 0 Å². The van der Waals surface area contributed by atoms with Gasteiger partial charge in [-0.2, -0.15) is 0 Å². The maximum absolute atomic E-state index is 4.18. The lowest BCUT2D eigenvalue weighted by atomic mass is 10.1. The first-order valence-corrected chi connectivity index (χ1v) is 5.79. The van der Waals surface area contributed by atoms with Gasteiger partial charge in [-0.15, -0.1) is 5.73 Å². The molecule has 0 radical (unpaired) electrons. The second kappa shape index (κ2) is 5.22. The minimum Gasteiger partial charge on any atom is -0.129 e. The van der Waals surface area contributed by atoms with E-state index in [2.05, 4.69) is 45.2 Å². The Hall–Kier alpha value is -0.740. The van der Waals surface area contributed by atoms with Crippen LogP contribution in [0.1, 0.15) is 40.0 Å². The molecule has 0 heterocycles. The summed E-state index contributed by atoms with van der Waals surface area (Å²) in [5.41, 5.74) is 4.59. The molecular weight excluding hydrogens is 168 g/mol. The van der Waals surface area contributed by atoms with E-state index < -0.39 is 0 Å². The largest absolute Gasteiger partial charge is 0.129 e. The van der Waals surface area contributed by atoms with Gasteiger partial charge in [-0.25, -0.2) is 0 Å². The highest BCUT2D eigenvalue weighted by molar-refractivity contribution is 5.17. The fourth-order valence-corrected chi connectivity index (χ4v) is 2.37. The van der Waals surface area contributed by atoms with Gasteiger partial charge in [0.2, 0.25) is 0 Å². The van der Waals surface area contributed by atoms with Crippen molar-refractivity contribution in [3.63, 3.8) is 0 Å². The molecule has 0 aliphatic heterocycles. The standard InChI is InChI=1S/C14H22/c1-5-7-8-9-10-11(3)14-12(4)13(14)6-2/h7,9,12-14H,3,5-6,10H2,1-2,4H3. The van der Waals surface area contributed by atoms with E-state index in [1.807, 2.05) is 0 Å². The molecular formula is C14H22. The zero-order chi connectivity index (χ0) is 10.6. The highest BCUT2D eigenvalue weighted by Crippen LogP contribution is 2.52. The van der Waals surface area contributed by atoms with Crippen molar-refractivity contribution in [1.29, 1.82) is 0 Å². The summed E-state index contributed by atoms with van der Waals surface area (Å²) in [6.07, 6.45) is 7.58. The van der Waals surface area contributed by atoms with Gasteiger partial charge in [-0.1, -0.05) is 39.3 Å². The summed E-state index contributed by atoms with van der Waals surface area (Å²) in [7, 11) is 0. The third-order valence-corrected chi connectivity index (χ3v) is 3.31.